The van der Waals surface area contributed by atoms with Crippen LogP contribution in [0.4, 0.5) is 0 Å². The van der Waals surface area contributed by atoms with E-state index in [1.54, 1.807) is 0 Å². The molecule has 0 bridgehead atoms. The van der Waals surface area contributed by atoms with E-state index in [1.165, 1.54) is 29.3 Å². The molecule has 3 aromatic rings. The molecule has 0 saturated heterocycles. The summed E-state index contributed by atoms with van der Waals surface area (Å²) in [5.41, 5.74) is 4.55. The number of Topliss-reactive ketones (excluding diaryl/α,β-unsaturated/α-hetero) is 1. The molecule has 2 aromatic carbocycles. The lowest BCUT2D eigenvalue weighted by molar-refractivity contribution is 0.102. The van der Waals surface area contributed by atoms with Crippen molar-refractivity contribution in [2.24, 2.45) is 7.05 Å². The molecule has 0 aliphatic heterocycles. The summed E-state index contributed by atoms with van der Waals surface area (Å²) in [5.74, 6) is 1.33. The first-order valence-corrected chi connectivity index (χ1v) is 9.43. The van der Waals surface area contributed by atoms with Gasteiger partial charge in [-0.15, -0.1) is 10.2 Å². The summed E-state index contributed by atoms with van der Waals surface area (Å²) >= 11 is 1.44. The van der Waals surface area contributed by atoms with Crippen molar-refractivity contribution in [1.82, 2.24) is 14.8 Å². The molecule has 1 aromatic heterocycles. The van der Waals surface area contributed by atoms with Gasteiger partial charge in [-0.25, -0.2) is 0 Å². The van der Waals surface area contributed by atoms with Crippen molar-refractivity contribution in [3.8, 4) is 11.4 Å². The van der Waals surface area contributed by atoms with Gasteiger partial charge >= 0.3 is 0 Å². The molecule has 5 heteroatoms. The molecule has 0 N–H and O–H groups in total. The third kappa shape index (κ3) is 3.24. The third-order valence-corrected chi connectivity index (χ3v) is 5.64. The lowest BCUT2D eigenvalue weighted by Gasteiger charge is -2.05. The summed E-state index contributed by atoms with van der Waals surface area (Å²) in [7, 11) is 1.94. The van der Waals surface area contributed by atoms with Crippen molar-refractivity contribution >= 4 is 17.5 Å². The number of carbonyl (C=O) groups is 1. The predicted octanol–water partition coefficient (Wildman–Crippen LogP) is 3.95. The predicted molar refractivity (Wildman–Crippen MR) is 100.0 cm³/mol. The van der Waals surface area contributed by atoms with Crippen molar-refractivity contribution in [3.05, 3.63) is 65.2 Å². The molecule has 0 radical (unpaired) electrons. The van der Waals surface area contributed by atoms with Crippen LogP contribution in [0.1, 0.15) is 27.9 Å². The molecule has 1 heterocycles. The van der Waals surface area contributed by atoms with Gasteiger partial charge in [-0.1, -0.05) is 54.2 Å². The topological polar surface area (TPSA) is 47.8 Å². The van der Waals surface area contributed by atoms with Gasteiger partial charge in [0.15, 0.2) is 16.8 Å². The van der Waals surface area contributed by atoms with Gasteiger partial charge in [-0.05, 0) is 36.5 Å². The van der Waals surface area contributed by atoms with Crippen molar-refractivity contribution in [2.75, 3.05) is 5.75 Å². The number of hydrogen-bond donors (Lipinski definition) is 0. The number of thioether (sulfide) groups is 1. The maximum Gasteiger partial charge on any atom is 0.191 e. The van der Waals surface area contributed by atoms with Crippen molar-refractivity contribution in [3.63, 3.8) is 0 Å². The molecule has 0 unspecified atom stereocenters. The molecular weight excluding hydrogens is 330 g/mol. The fourth-order valence-corrected chi connectivity index (χ4v) is 4.04. The Bertz CT molecular complexity index is 918. The number of benzene rings is 2. The number of ketones is 1. The number of nitrogens with zero attached hydrogens (tertiary/aromatic N) is 3. The van der Waals surface area contributed by atoms with Crippen LogP contribution in [-0.4, -0.2) is 26.3 Å². The highest BCUT2D eigenvalue weighted by molar-refractivity contribution is 7.99. The van der Waals surface area contributed by atoms with E-state index in [9.17, 15) is 4.79 Å². The number of rotatable bonds is 5. The van der Waals surface area contributed by atoms with Crippen LogP contribution in [0.3, 0.4) is 0 Å². The molecule has 1 aliphatic carbocycles. The Balaban J connectivity index is 1.47. The highest BCUT2D eigenvalue weighted by Gasteiger charge is 2.16. The van der Waals surface area contributed by atoms with Crippen LogP contribution in [-0.2, 0) is 19.9 Å². The van der Waals surface area contributed by atoms with Crippen molar-refractivity contribution in [2.45, 2.75) is 24.4 Å². The largest absolute Gasteiger partial charge is 0.305 e. The van der Waals surface area contributed by atoms with Gasteiger partial charge in [0.2, 0.25) is 0 Å². The fraction of sp³-hybridized carbons (Fsp3) is 0.250. The first kappa shape index (κ1) is 16.1. The minimum Gasteiger partial charge on any atom is -0.305 e. The smallest absolute Gasteiger partial charge is 0.191 e. The van der Waals surface area contributed by atoms with Gasteiger partial charge in [-0.2, -0.15) is 0 Å². The summed E-state index contributed by atoms with van der Waals surface area (Å²) in [6.45, 7) is 0. The van der Waals surface area contributed by atoms with E-state index in [4.69, 9.17) is 0 Å². The van der Waals surface area contributed by atoms with Crippen LogP contribution < -0.4 is 0 Å². The number of carbonyl (C=O) groups excluding carboxylic acids is 1. The Kier molecular flexibility index (Phi) is 4.40. The first-order chi connectivity index (χ1) is 12.2. The van der Waals surface area contributed by atoms with E-state index in [0.717, 1.165) is 34.9 Å². The summed E-state index contributed by atoms with van der Waals surface area (Å²) < 4.78 is 1.94. The molecule has 25 heavy (non-hydrogen) atoms. The second-order valence-electron chi connectivity index (χ2n) is 6.28. The van der Waals surface area contributed by atoms with Crippen LogP contribution in [0, 0.1) is 0 Å². The summed E-state index contributed by atoms with van der Waals surface area (Å²) in [6, 6.07) is 16.1. The number of aryl methyl sites for hydroxylation is 2. The molecule has 0 fully saturated rings. The summed E-state index contributed by atoms with van der Waals surface area (Å²) in [6.07, 6.45) is 3.43. The lowest BCUT2D eigenvalue weighted by Crippen LogP contribution is -2.05. The molecule has 0 spiro atoms. The van der Waals surface area contributed by atoms with Gasteiger partial charge < -0.3 is 4.57 Å². The average Bonchev–Trinajstić information content (AvgIpc) is 3.26. The maximum atomic E-state index is 12.5. The van der Waals surface area contributed by atoms with E-state index < -0.39 is 0 Å². The Morgan fingerprint density at radius 2 is 1.88 bits per heavy atom. The Morgan fingerprint density at radius 3 is 2.72 bits per heavy atom. The summed E-state index contributed by atoms with van der Waals surface area (Å²) in [4.78, 5) is 12.5. The van der Waals surface area contributed by atoms with E-state index >= 15 is 0 Å². The SMILES string of the molecule is Cn1c(SCC(=O)c2ccc3c(c2)CCC3)nnc1-c1ccccc1. The van der Waals surface area contributed by atoms with Gasteiger partial charge in [0.1, 0.15) is 0 Å². The zero-order valence-electron chi connectivity index (χ0n) is 14.1. The fourth-order valence-electron chi connectivity index (χ4n) is 3.24. The minimum absolute atomic E-state index is 0.143. The van der Waals surface area contributed by atoms with Crippen LogP contribution in [0.25, 0.3) is 11.4 Å². The molecule has 4 nitrogen and oxygen atoms in total. The standard InChI is InChI=1S/C20H19N3OS/c1-23-19(15-6-3-2-4-7-15)21-22-20(23)25-13-18(24)17-11-10-14-8-5-9-16(14)12-17/h2-4,6-7,10-12H,5,8-9,13H2,1H3. The molecule has 0 atom stereocenters. The maximum absolute atomic E-state index is 12.5. The first-order valence-electron chi connectivity index (χ1n) is 8.45. The van der Waals surface area contributed by atoms with Gasteiger partial charge in [-0.3, -0.25) is 4.79 Å². The van der Waals surface area contributed by atoms with Crippen LogP contribution in [0.5, 0.6) is 0 Å². The number of hydrogen-bond acceptors (Lipinski definition) is 4. The minimum atomic E-state index is 0.143. The second kappa shape index (κ2) is 6.84. The lowest BCUT2D eigenvalue weighted by atomic mass is 10.0. The Hall–Kier alpha value is -2.40. The monoisotopic (exact) mass is 349 g/mol. The Labute approximate surface area is 151 Å². The van der Waals surface area contributed by atoms with Crippen LogP contribution in [0.2, 0.25) is 0 Å². The highest BCUT2D eigenvalue weighted by atomic mass is 32.2. The quantitative estimate of drug-likeness (QED) is 0.517. The van der Waals surface area contributed by atoms with Crippen molar-refractivity contribution < 1.29 is 4.79 Å². The van der Waals surface area contributed by atoms with E-state index in [2.05, 4.69) is 22.3 Å². The van der Waals surface area contributed by atoms with Gasteiger partial charge in [0.25, 0.3) is 0 Å². The zero-order chi connectivity index (χ0) is 17.2. The molecule has 4 rings (SSSR count). The molecule has 126 valence electrons. The van der Waals surface area contributed by atoms with E-state index in [-0.39, 0.29) is 5.78 Å². The van der Waals surface area contributed by atoms with Gasteiger partial charge in [0, 0.05) is 18.2 Å². The molecule has 1 aliphatic rings. The average molecular weight is 349 g/mol. The van der Waals surface area contributed by atoms with Crippen LogP contribution >= 0.6 is 11.8 Å². The zero-order valence-corrected chi connectivity index (χ0v) is 14.9. The van der Waals surface area contributed by atoms with E-state index in [1.807, 2.05) is 48.0 Å². The van der Waals surface area contributed by atoms with E-state index in [0.29, 0.717) is 5.75 Å². The van der Waals surface area contributed by atoms with Gasteiger partial charge in [0.05, 0.1) is 5.75 Å². The number of fused-ring (bicyclic) bond motifs is 1. The summed E-state index contributed by atoms with van der Waals surface area (Å²) in [5, 5.41) is 9.26. The molecule has 0 saturated carbocycles. The Morgan fingerprint density at radius 1 is 1.08 bits per heavy atom. The molecular formula is C20H19N3OS. The second-order valence-corrected chi connectivity index (χ2v) is 7.22. The van der Waals surface area contributed by atoms with Crippen LogP contribution in [0.15, 0.2) is 53.7 Å². The number of aromatic nitrogens is 3. The third-order valence-electron chi connectivity index (χ3n) is 4.62. The van der Waals surface area contributed by atoms with Crippen molar-refractivity contribution in [1.29, 1.82) is 0 Å². The normalized spacial score (nSPS) is 13.0. The molecule has 0 amide bonds. The highest BCUT2D eigenvalue weighted by Crippen LogP contribution is 2.25.